The zero-order valence-corrected chi connectivity index (χ0v) is 9.93. The zero-order chi connectivity index (χ0) is 10.6. The Balaban J connectivity index is 2.75. The average Bonchev–Trinajstić information content (AvgIpc) is 2.15. The van der Waals surface area contributed by atoms with Crippen LogP contribution in [0.15, 0.2) is 18.2 Å². The normalized spacial score (nSPS) is 10.9. The molecule has 0 nitrogen and oxygen atoms in total. The van der Waals surface area contributed by atoms with Gasteiger partial charge in [-0.3, -0.25) is 0 Å². The van der Waals surface area contributed by atoms with Crippen LogP contribution in [0.1, 0.15) is 43.9 Å². The third-order valence-electron chi connectivity index (χ3n) is 2.73. The summed E-state index contributed by atoms with van der Waals surface area (Å²) >= 11 is 0. The zero-order valence-electron chi connectivity index (χ0n) is 9.93. The summed E-state index contributed by atoms with van der Waals surface area (Å²) in [6.07, 6.45) is 3.70. The van der Waals surface area contributed by atoms with Crippen LogP contribution < -0.4 is 0 Å². The minimum Gasteiger partial charge on any atom is -0.0628 e. The molecule has 0 aliphatic heterocycles. The number of hydrogen-bond donors (Lipinski definition) is 0. The molecule has 0 saturated heterocycles. The molecule has 0 atom stereocenters. The average molecular weight is 190 g/mol. The number of aryl methyl sites for hydroxylation is 3. The molecule has 1 aromatic carbocycles. The van der Waals surface area contributed by atoms with E-state index in [-0.39, 0.29) is 0 Å². The number of rotatable bonds is 4. The predicted molar refractivity (Wildman–Crippen MR) is 63.7 cm³/mol. The van der Waals surface area contributed by atoms with E-state index in [2.05, 4.69) is 45.9 Å². The highest BCUT2D eigenvalue weighted by Crippen LogP contribution is 2.16. The van der Waals surface area contributed by atoms with E-state index in [0.717, 1.165) is 12.3 Å². The summed E-state index contributed by atoms with van der Waals surface area (Å²) < 4.78 is 0. The van der Waals surface area contributed by atoms with Gasteiger partial charge < -0.3 is 0 Å². The lowest BCUT2D eigenvalue weighted by Crippen LogP contribution is -1.97. The summed E-state index contributed by atoms with van der Waals surface area (Å²) in [5.74, 6) is 0.806. The highest BCUT2D eigenvalue weighted by molar-refractivity contribution is 5.31. The summed E-state index contributed by atoms with van der Waals surface area (Å²) in [5.41, 5.74) is 4.47. The first-order valence-corrected chi connectivity index (χ1v) is 5.72. The monoisotopic (exact) mass is 190 g/mol. The van der Waals surface area contributed by atoms with E-state index in [0.29, 0.717) is 0 Å². The Morgan fingerprint density at radius 3 is 2.43 bits per heavy atom. The van der Waals surface area contributed by atoms with E-state index in [1.54, 1.807) is 5.56 Å². The summed E-state index contributed by atoms with van der Waals surface area (Å²) in [4.78, 5) is 0. The van der Waals surface area contributed by atoms with Gasteiger partial charge in [-0.15, -0.1) is 0 Å². The summed E-state index contributed by atoms with van der Waals surface area (Å²) in [5, 5.41) is 0. The molecular weight excluding hydrogens is 168 g/mol. The van der Waals surface area contributed by atoms with Crippen LogP contribution in [0.5, 0.6) is 0 Å². The Hall–Kier alpha value is -0.780. The Morgan fingerprint density at radius 1 is 1.14 bits per heavy atom. The van der Waals surface area contributed by atoms with Crippen molar-refractivity contribution in [1.82, 2.24) is 0 Å². The molecule has 14 heavy (non-hydrogen) atoms. The van der Waals surface area contributed by atoms with Gasteiger partial charge in [0.25, 0.3) is 0 Å². The second-order valence-corrected chi connectivity index (χ2v) is 4.56. The largest absolute Gasteiger partial charge is 0.0628 e. The highest BCUT2D eigenvalue weighted by Gasteiger charge is 2.02. The minimum atomic E-state index is 0.806. The molecule has 0 heterocycles. The maximum Gasteiger partial charge on any atom is -0.0274 e. The molecule has 0 aliphatic rings. The number of benzene rings is 1. The van der Waals surface area contributed by atoms with Crippen molar-refractivity contribution < 1.29 is 0 Å². The lowest BCUT2D eigenvalue weighted by atomic mass is 9.96. The number of hydrogen-bond acceptors (Lipinski definition) is 0. The van der Waals surface area contributed by atoms with Crippen molar-refractivity contribution in [2.45, 2.75) is 47.0 Å². The van der Waals surface area contributed by atoms with Crippen LogP contribution in [0.25, 0.3) is 0 Å². The molecule has 0 heteroatoms. The van der Waals surface area contributed by atoms with Crippen molar-refractivity contribution in [3.8, 4) is 0 Å². The molecule has 1 aromatic rings. The maximum absolute atomic E-state index is 2.33. The first kappa shape index (κ1) is 11.3. The van der Waals surface area contributed by atoms with Crippen LogP contribution in [0.4, 0.5) is 0 Å². The molecule has 0 amide bonds. The molecule has 0 N–H and O–H groups in total. The Kier molecular flexibility index (Phi) is 4.19. The van der Waals surface area contributed by atoms with E-state index in [4.69, 9.17) is 0 Å². The van der Waals surface area contributed by atoms with Crippen LogP contribution in [-0.4, -0.2) is 0 Å². The third-order valence-corrected chi connectivity index (χ3v) is 2.73. The van der Waals surface area contributed by atoms with Gasteiger partial charge in [-0.05, 0) is 43.2 Å². The maximum atomic E-state index is 2.33. The Morgan fingerprint density at radius 2 is 1.86 bits per heavy atom. The van der Waals surface area contributed by atoms with Crippen molar-refractivity contribution in [3.05, 3.63) is 34.9 Å². The molecule has 0 aromatic heterocycles. The fourth-order valence-electron chi connectivity index (χ4n) is 1.77. The standard InChI is InChI=1S/C14H22/c1-5-13-10-12(4)7-9-14(13)8-6-11(2)3/h7,9-11H,5-6,8H2,1-4H3. The van der Waals surface area contributed by atoms with Gasteiger partial charge in [0.05, 0.1) is 0 Å². The first-order chi connectivity index (χ1) is 6.63. The van der Waals surface area contributed by atoms with E-state index in [1.165, 1.54) is 24.0 Å². The van der Waals surface area contributed by atoms with Gasteiger partial charge in [-0.2, -0.15) is 0 Å². The van der Waals surface area contributed by atoms with Crippen LogP contribution >= 0.6 is 0 Å². The van der Waals surface area contributed by atoms with E-state index in [1.807, 2.05) is 0 Å². The summed E-state index contributed by atoms with van der Waals surface area (Å²) in [7, 11) is 0. The first-order valence-electron chi connectivity index (χ1n) is 5.72. The van der Waals surface area contributed by atoms with E-state index in [9.17, 15) is 0 Å². The molecule has 78 valence electrons. The van der Waals surface area contributed by atoms with Crippen molar-refractivity contribution in [3.63, 3.8) is 0 Å². The van der Waals surface area contributed by atoms with Gasteiger partial charge >= 0.3 is 0 Å². The van der Waals surface area contributed by atoms with Crippen LogP contribution in [-0.2, 0) is 12.8 Å². The van der Waals surface area contributed by atoms with Gasteiger partial charge in [-0.25, -0.2) is 0 Å². The van der Waals surface area contributed by atoms with Gasteiger partial charge in [0, 0.05) is 0 Å². The van der Waals surface area contributed by atoms with E-state index < -0.39 is 0 Å². The lowest BCUT2D eigenvalue weighted by molar-refractivity contribution is 0.585. The molecule has 0 saturated carbocycles. The van der Waals surface area contributed by atoms with Crippen molar-refractivity contribution in [2.75, 3.05) is 0 Å². The topological polar surface area (TPSA) is 0 Å². The van der Waals surface area contributed by atoms with Gasteiger partial charge in [0.15, 0.2) is 0 Å². The Bertz CT molecular complexity index is 284. The van der Waals surface area contributed by atoms with Gasteiger partial charge in [-0.1, -0.05) is 44.5 Å². The highest BCUT2D eigenvalue weighted by atomic mass is 14.1. The van der Waals surface area contributed by atoms with Gasteiger partial charge in [0.2, 0.25) is 0 Å². The predicted octanol–water partition coefficient (Wildman–Crippen LogP) is 4.15. The molecule has 0 bridgehead atoms. The molecule has 0 fully saturated rings. The Labute approximate surface area is 88.4 Å². The summed E-state index contributed by atoms with van der Waals surface area (Å²) in [6, 6.07) is 6.86. The quantitative estimate of drug-likeness (QED) is 0.669. The fraction of sp³-hybridized carbons (Fsp3) is 0.571. The second-order valence-electron chi connectivity index (χ2n) is 4.56. The van der Waals surface area contributed by atoms with E-state index >= 15 is 0 Å². The minimum absolute atomic E-state index is 0.806. The summed E-state index contributed by atoms with van der Waals surface area (Å²) in [6.45, 7) is 9.00. The molecule has 0 unspecified atom stereocenters. The van der Waals surface area contributed by atoms with Crippen LogP contribution in [0.2, 0.25) is 0 Å². The smallest absolute Gasteiger partial charge is 0.0274 e. The molecule has 0 aliphatic carbocycles. The fourth-order valence-corrected chi connectivity index (χ4v) is 1.77. The van der Waals surface area contributed by atoms with Crippen molar-refractivity contribution >= 4 is 0 Å². The van der Waals surface area contributed by atoms with Crippen molar-refractivity contribution in [2.24, 2.45) is 5.92 Å². The lowest BCUT2D eigenvalue weighted by Gasteiger charge is -2.10. The molecule has 0 spiro atoms. The van der Waals surface area contributed by atoms with Crippen LogP contribution in [0.3, 0.4) is 0 Å². The van der Waals surface area contributed by atoms with Crippen LogP contribution in [0, 0.1) is 12.8 Å². The molecular formula is C14H22. The second kappa shape index (κ2) is 5.19. The van der Waals surface area contributed by atoms with Crippen molar-refractivity contribution in [1.29, 1.82) is 0 Å². The SMILES string of the molecule is CCc1cc(C)ccc1CCC(C)C. The molecule has 1 rings (SSSR count). The molecule has 0 radical (unpaired) electrons. The van der Waals surface area contributed by atoms with Gasteiger partial charge in [0.1, 0.15) is 0 Å². The third kappa shape index (κ3) is 3.17.